The van der Waals surface area contributed by atoms with Crippen LogP contribution in [0.2, 0.25) is 0 Å². The highest BCUT2D eigenvalue weighted by Gasteiger charge is 2.51. The molecule has 7 heteroatoms. The average molecular weight is 381 g/mol. The van der Waals surface area contributed by atoms with Crippen LogP contribution >= 0.6 is 0 Å². The lowest BCUT2D eigenvalue weighted by molar-refractivity contribution is -0.130. The molecule has 2 aliphatic rings. The summed E-state index contributed by atoms with van der Waals surface area (Å²) in [5, 5.41) is 10.6. The van der Waals surface area contributed by atoms with Crippen LogP contribution in [-0.2, 0) is 14.9 Å². The van der Waals surface area contributed by atoms with E-state index in [-0.39, 0.29) is 17.1 Å². The Balaban J connectivity index is 1.70. The van der Waals surface area contributed by atoms with Gasteiger partial charge in [0, 0.05) is 12.2 Å². The number of carbonyl (C=O) groups is 1. The van der Waals surface area contributed by atoms with Gasteiger partial charge in [-0.2, -0.15) is 8.42 Å². The third kappa shape index (κ3) is 3.88. The molecule has 1 N–H and O–H groups in total. The van der Waals surface area contributed by atoms with Gasteiger partial charge in [0.2, 0.25) is 5.91 Å². The highest BCUT2D eigenvalue weighted by Crippen LogP contribution is 2.49. The van der Waals surface area contributed by atoms with Crippen LogP contribution in [-0.4, -0.2) is 37.8 Å². The Morgan fingerprint density at radius 3 is 2.27 bits per heavy atom. The molecule has 1 saturated heterocycles. The molecule has 6 nitrogen and oxygen atoms in total. The van der Waals surface area contributed by atoms with Gasteiger partial charge in [-0.05, 0) is 62.8 Å². The Kier molecular flexibility index (Phi) is 5.05. The van der Waals surface area contributed by atoms with Gasteiger partial charge in [0.25, 0.3) is 0 Å². The molecule has 0 bridgehead atoms. The van der Waals surface area contributed by atoms with Gasteiger partial charge in [0.15, 0.2) is 0 Å². The molecule has 2 fully saturated rings. The quantitative estimate of drug-likeness (QED) is 0.793. The van der Waals surface area contributed by atoms with Crippen molar-refractivity contribution in [3.05, 3.63) is 24.3 Å². The number of carbonyl (C=O) groups excluding carboxylic acids is 1. The number of benzene rings is 1. The van der Waals surface area contributed by atoms with Crippen LogP contribution in [0.25, 0.3) is 0 Å². The molecule has 1 saturated carbocycles. The van der Waals surface area contributed by atoms with E-state index in [0.717, 1.165) is 44.0 Å². The maximum absolute atomic E-state index is 13.1. The molecule has 0 unspecified atom stereocenters. The Bertz CT molecular complexity index is 764. The molecule has 0 radical (unpaired) electrons. The fraction of sp³-hybridized carbons (Fsp3) is 0.632. The van der Waals surface area contributed by atoms with Crippen molar-refractivity contribution in [2.24, 2.45) is 5.41 Å². The summed E-state index contributed by atoms with van der Waals surface area (Å²) in [6.45, 7) is 2.72. The summed E-state index contributed by atoms with van der Waals surface area (Å²) in [7, 11) is -3.56. The van der Waals surface area contributed by atoms with Crippen LogP contribution in [0.4, 0.5) is 5.69 Å². The number of amides is 1. The highest BCUT2D eigenvalue weighted by molar-refractivity contribution is 7.86. The van der Waals surface area contributed by atoms with Crippen molar-refractivity contribution in [3.63, 3.8) is 0 Å². The topological polar surface area (TPSA) is 83.9 Å². The van der Waals surface area contributed by atoms with Crippen molar-refractivity contribution in [2.75, 3.05) is 17.7 Å². The monoisotopic (exact) mass is 381 g/mol. The van der Waals surface area contributed by atoms with E-state index in [1.165, 1.54) is 0 Å². The van der Waals surface area contributed by atoms with Crippen molar-refractivity contribution in [1.29, 1.82) is 0 Å². The van der Waals surface area contributed by atoms with Gasteiger partial charge in [0.05, 0.1) is 17.3 Å². The molecular formula is C19H27NO5S. The van der Waals surface area contributed by atoms with E-state index in [0.29, 0.717) is 19.4 Å². The Labute approximate surface area is 155 Å². The van der Waals surface area contributed by atoms with E-state index < -0.39 is 15.7 Å². The van der Waals surface area contributed by atoms with Gasteiger partial charge >= 0.3 is 10.1 Å². The van der Waals surface area contributed by atoms with E-state index in [4.69, 9.17) is 4.18 Å². The van der Waals surface area contributed by atoms with Gasteiger partial charge in [-0.25, -0.2) is 0 Å². The number of aliphatic hydroxyl groups is 1. The Hall–Kier alpha value is -1.60. The van der Waals surface area contributed by atoms with E-state index in [1.807, 2.05) is 0 Å². The summed E-state index contributed by atoms with van der Waals surface area (Å²) in [4.78, 5) is 14.9. The zero-order chi connectivity index (χ0) is 19.0. The molecule has 3 rings (SSSR count). The summed E-state index contributed by atoms with van der Waals surface area (Å²) < 4.78 is 27.2. The van der Waals surface area contributed by atoms with Gasteiger partial charge in [0.1, 0.15) is 5.75 Å². The molecule has 26 heavy (non-hydrogen) atoms. The van der Waals surface area contributed by atoms with Crippen molar-refractivity contribution >= 4 is 21.7 Å². The molecule has 144 valence electrons. The maximum Gasteiger partial charge on any atom is 0.306 e. The van der Waals surface area contributed by atoms with Gasteiger partial charge in [-0.15, -0.1) is 0 Å². The van der Waals surface area contributed by atoms with Gasteiger partial charge in [-0.1, -0.05) is 13.3 Å². The number of nitrogens with zero attached hydrogens (tertiary/aromatic N) is 1. The fourth-order valence-corrected chi connectivity index (χ4v) is 4.76. The first-order valence-electron chi connectivity index (χ1n) is 9.20. The van der Waals surface area contributed by atoms with Gasteiger partial charge in [-0.3, -0.25) is 4.79 Å². The lowest BCUT2D eigenvalue weighted by Crippen LogP contribution is -2.43. The second-order valence-corrected chi connectivity index (χ2v) is 9.32. The summed E-state index contributed by atoms with van der Waals surface area (Å²) in [6.07, 6.45) is 6.37. The van der Waals surface area contributed by atoms with Crippen molar-refractivity contribution in [2.45, 2.75) is 57.5 Å². The fourth-order valence-electron chi connectivity index (χ4n) is 4.30. The van der Waals surface area contributed by atoms with Crippen molar-refractivity contribution in [1.82, 2.24) is 0 Å². The largest absolute Gasteiger partial charge is 0.390 e. The first-order valence-corrected chi connectivity index (χ1v) is 11.0. The number of hydrogen-bond donors (Lipinski definition) is 1. The third-order valence-corrected chi connectivity index (χ3v) is 6.26. The second-order valence-electron chi connectivity index (χ2n) is 7.74. The standard InChI is InChI=1S/C19H27NO5S/c1-3-8-19(22)11-9-18(10-12-19)13-14-20(17(18)21)15-4-6-16(7-5-15)25-26(2,23)24/h4-7,22H,3,8-14H2,1-2H3. The molecule has 0 atom stereocenters. The van der Waals surface area contributed by atoms with Crippen LogP contribution in [0.5, 0.6) is 5.75 Å². The van der Waals surface area contributed by atoms with E-state index in [1.54, 1.807) is 29.2 Å². The SMILES string of the molecule is CCCC1(O)CCC2(CCN(c3ccc(OS(C)(=O)=O)cc3)C2=O)CC1. The Morgan fingerprint density at radius 2 is 1.73 bits per heavy atom. The predicted molar refractivity (Wildman–Crippen MR) is 99.6 cm³/mol. The normalized spacial score (nSPS) is 29.3. The zero-order valence-electron chi connectivity index (χ0n) is 15.4. The minimum Gasteiger partial charge on any atom is -0.390 e. The van der Waals surface area contributed by atoms with Crippen LogP contribution in [0.15, 0.2) is 24.3 Å². The second kappa shape index (κ2) is 6.85. The summed E-state index contributed by atoms with van der Waals surface area (Å²) >= 11 is 0. The molecular weight excluding hydrogens is 354 g/mol. The summed E-state index contributed by atoms with van der Waals surface area (Å²) in [6, 6.07) is 6.56. The first kappa shape index (κ1) is 19.2. The molecule has 0 aromatic heterocycles. The van der Waals surface area contributed by atoms with E-state index >= 15 is 0 Å². The van der Waals surface area contributed by atoms with Crippen LogP contribution in [0, 0.1) is 5.41 Å². The molecule has 1 aromatic carbocycles. The van der Waals surface area contributed by atoms with E-state index in [9.17, 15) is 18.3 Å². The van der Waals surface area contributed by atoms with Crippen molar-refractivity contribution < 1.29 is 22.5 Å². The van der Waals surface area contributed by atoms with Gasteiger partial charge < -0.3 is 14.2 Å². The molecule has 1 heterocycles. The average Bonchev–Trinajstić information content (AvgIpc) is 2.88. The molecule has 1 aromatic rings. The minimum atomic E-state index is -3.56. The highest BCUT2D eigenvalue weighted by atomic mass is 32.2. The Morgan fingerprint density at radius 1 is 1.12 bits per heavy atom. The first-order chi connectivity index (χ1) is 12.2. The van der Waals surface area contributed by atoms with Crippen LogP contribution in [0.3, 0.4) is 0 Å². The lowest BCUT2D eigenvalue weighted by atomic mass is 9.67. The third-order valence-electron chi connectivity index (χ3n) is 5.76. The smallest absolute Gasteiger partial charge is 0.306 e. The predicted octanol–water partition coefficient (Wildman–Crippen LogP) is 2.85. The van der Waals surface area contributed by atoms with Crippen LogP contribution < -0.4 is 9.08 Å². The van der Waals surface area contributed by atoms with Crippen molar-refractivity contribution in [3.8, 4) is 5.75 Å². The lowest BCUT2D eigenvalue weighted by Gasteiger charge is -2.41. The molecule has 1 amide bonds. The van der Waals surface area contributed by atoms with Crippen LogP contribution in [0.1, 0.15) is 51.9 Å². The number of rotatable bonds is 5. The number of anilines is 1. The molecule has 1 aliphatic heterocycles. The minimum absolute atomic E-state index is 0.118. The van der Waals surface area contributed by atoms with E-state index in [2.05, 4.69) is 6.92 Å². The zero-order valence-corrected chi connectivity index (χ0v) is 16.2. The molecule has 1 spiro atoms. The number of hydrogen-bond acceptors (Lipinski definition) is 5. The summed E-state index contributed by atoms with van der Waals surface area (Å²) in [5.74, 6) is 0.354. The maximum atomic E-state index is 13.1. The molecule has 1 aliphatic carbocycles. The summed E-state index contributed by atoms with van der Waals surface area (Å²) in [5.41, 5.74) is -0.220.